The standard InChI is InChI=1S/C7H14Cl3N2O3P/c1-4-14-16(13,15-5-2)12-6(11-3)7(8,9)10/h4-5H2,1-3H3,(H,11,12,13). The van der Waals surface area contributed by atoms with E-state index in [2.05, 4.69) is 10.1 Å². The van der Waals surface area contributed by atoms with Gasteiger partial charge in [0, 0.05) is 7.05 Å². The first kappa shape index (κ1) is 16.5. The van der Waals surface area contributed by atoms with E-state index in [1.165, 1.54) is 7.05 Å². The molecule has 5 nitrogen and oxygen atoms in total. The fourth-order valence-corrected chi connectivity index (χ4v) is 2.82. The van der Waals surface area contributed by atoms with E-state index in [9.17, 15) is 4.57 Å². The highest BCUT2D eigenvalue weighted by Crippen LogP contribution is 2.45. The number of aliphatic imine (C=N–C) groups is 1. The van der Waals surface area contributed by atoms with Crippen molar-refractivity contribution in [2.45, 2.75) is 17.6 Å². The Balaban J connectivity index is 4.81. The number of rotatable bonds is 5. The zero-order valence-corrected chi connectivity index (χ0v) is 12.3. The highest BCUT2D eigenvalue weighted by Gasteiger charge is 2.35. The molecule has 0 saturated carbocycles. The Morgan fingerprint density at radius 1 is 1.31 bits per heavy atom. The second-order valence-corrected chi connectivity index (χ2v) is 6.53. The van der Waals surface area contributed by atoms with E-state index in [-0.39, 0.29) is 19.0 Å². The van der Waals surface area contributed by atoms with Crippen LogP contribution in [0.3, 0.4) is 0 Å². The van der Waals surface area contributed by atoms with E-state index < -0.39 is 11.5 Å². The number of halogens is 3. The Hall–Kier alpha value is 0.490. The molecule has 1 N–H and O–H groups in total. The third-order valence-electron chi connectivity index (χ3n) is 1.33. The molecule has 0 bridgehead atoms. The maximum atomic E-state index is 12.0. The number of nitrogens with zero attached hydrogens (tertiary/aromatic N) is 1. The normalized spacial score (nSPS) is 14.0. The zero-order valence-electron chi connectivity index (χ0n) is 9.17. The van der Waals surface area contributed by atoms with Crippen LogP contribution >= 0.6 is 42.5 Å². The molecule has 0 amide bonds. The lowest BCUT2D eigenvalue weighted by molar-refractivity contribution is 0.216. The van der Waals surface area contributed by atoms with Crippen molar-refractivity contribution < 1.29 is 13.6 Å². The molecule has 16 heavy (non-hydrogen) atoms. The summed E-state index contributed by atoms with van der Waals surface area (Å²) in [6.07, 6.45) is 0. The lowest BCUT2D eigenvalue weighted by Crippen LogP contribution is -2.34. The first-order valence-electron chi connectivity index (χ1n) is 4.50. The lowest BCUT2D eigenvalue weighted by Gasteiger charge is -2.22. The molecular formula is C7H14Cl3N2O3P. The van der Waals surface area contributed by atoms with Gasteiger partial charge in [0.05, 0.1) is 13.2 Å². The minimum Gasteiger partial charge on any atom is -0.293 e. The third kappa shape index (κ3) is 5.71. The first-order chi connectivity index (χ1) is 7.29. The molecule has 0 aliphatic carbocycles. The van der Waals surface area contributed by atoms with Crippen LogP contribution in [0.1, 0.15) is 13.8 Å². The van der Waals surface area contributed by atoms with Crippen LogP contribution in [0.15, 0.2) is 4.99 Å². The average molecular weight is 312 g/mol. The summed E-state index contributed by atoms with van der Waals surface area (Å²) in [5.41, 5.74) is 0. The van der Waals surface area contributed by atoms with Crippen LogP contribution in [-0.2, 0) is 13.6 Å². The summed E-state index contributed by atoms with van der Waals surface area (Å²) in [6.45, 7) is 3.74. The van der Waals surface area contributed by atoms with Gasteiger partial charge in [-0.1, -0.05) is 34.8 Å². The van der Waals surface area contributed by atoms with Crippen molar-refractivity contribution in [3.05, 3.63) is 0 Å². The van der Waals surface area contributed by atoms with Gasteiger partial charge < -0.3 is 0 Å². The Bertz CT molecular complexity index is 283. The Morgan fingerprint density at radius 2 is 1.75 bits per heavy atom. The summed E-state index contributed by atoms with van der Waals surface area (Å²) in [4.78, 5) is 3.69. The molecule has 0 aromatic carbocycles. The molecule has 0 spiro atoms. The van der Waals surface area contributed by atoms with Gasteiger partial charge >= 0.3 is 7.75 Å². The summed E-state index contributed by atoms with van der Waals surface area (Å²) < 4.78 is 20.1. The van der Waals surface area contributed by atoms with Crippen LogP contribution in [0.2, 0.25) is 0 Å². The van der Waals surface area contributed by atoms with E-state index in [0.29, 0.717) is 0 Å². The Labute approximate surface area is 110 Å². The van der Waals surface area contributed by atoms with Crippen molar-refractivity contribution in [2.75, 3.05) is 20.3 Å². The van der Waals surface area contributed by atoms with Crippen LogP contribution in [0, 0.1) is 0 Å². The van der Waals surface area contributed by atoms with Crippen LogP contribution in [0.5, 0.6) is 0 Å². The molecule has 0 aliphatic rings. The van der Waals surface area contributed by atoms with Crippen molar-refractivity contribution in [1.82, 2.24) is 5.09 Å². The Kier molecular flexibility index (Phi) is 7.26. The number of nitrogens with one attached hydrogen (secondary N) is 1. The maximum absolute atomic E-state index is 12.0. The molecule has 9 heteroatoms. The minimum absolute atomic E-state index is 0.0947. The van der Waals surface area contributed by atoms with E-state index in [0.717, 1.165) is 0 Å². The number of alkyl halides is 3. The molecule has 0 aliphatic heterocycles. The molecule has 0 saturated heterocycles. The minimum atomic E-state index is -3.52. The molecule has 0 radical (unpaired) electrons. The number of amidine groups is 1. The lowest BCUT2D eigenvalue weighted by atomic mass is 10.7. The molecule has 96 valence electrons. The van der Waals surface area contributed by atoms with E-state index in [1.54, 1.807) is 13.8 Å². The van der Waals surface area contributed by atoms with Crippen molar-refractivity contribution in [3.63, 3.8) is 0 Å². The zero-order chi connectivity index (χ0) is 12.8. The molecule has 0 atom stereocenters. The molecule has 0 aromatic rings. The maximum Gasteiger partial charge on any atom is 0.433 e. The van der Waals surface area contributed by atoms with Gasteiger partial charge in [0.2, 0.25) is 3.79 Å². The predicted molar refractivity (Wildman–Crippen MR) is 67.6 cm³/mol. The number of hydrogen-bond acceptors (Lipinski definition) is 4. The van der Waals surface area contributed by atoms with Gasteiger partial charge in [-0.2, -0.15) is 0 Å². The average Bonchev–Trinajstić information content (AvgIpc) is 2.13. The fraction of sp³-hybridized carbons (Fsp3) is 0.857. The van der Waals surface area contributed by atoms with Gasteiger partial charge in [-0.25, -0.2) is 4.57 Å². The summed E-state index contributed by atoms with van der Waals surface area (Å²) in [6, 6.07) is 0. The van der Waals surface area contributed by atoms with Crippen molar-refractivity contribution in [2.24, 2.45) is 4.99 Å². The summed E-state index contributed by atoms with van der Waals surface area (Å²) in [7, 11) is -2.13. The van der Waals surface area contributed by atoms with Crippen LogP contribution in [0.25, 0.3) is 0 Å². The highest BCUT2D eigenvalue weighted by molar-refractivity contribution is 7.52. The quantitative estimate of drug-likeness (QED) is 0.367. The van der Waals surface area contributed by atoms with Gasteiger partial charge in [0.15, 0.2) is 5.84 Å². The smallest absolute Gasteiger partial charge is 0.293 e. The molecular weight excluding hydrogens is 297 g/mol. The van der Waals surface area contributed by atoms with Crippen molar-refractivity contribution in [3.8, 4) is 0 Å². The van der Waals surface area contributed by atoms with Gasteiger partial charge in [-0.15, -0.1) is 0 Å². The first-order valence-corrected chi connectivity index (χ1v) is 7.18. The summed E-state index contributed by atoms with van der Waals surface area (Å²) in [5, 5.41) is 2.39. The molecule has 0 unspecified atom stereocenters. The monoisotopic (exact) mass is 310 g/mol. The van der Waals surface area contributed by atoms with E-state index in [1.807, 2.05) is 0 Å². The molecule has 0 fully saturated rings. The molecule has 0 rings (SSSR count). The van der Waals surface area contributed by atoms with Gasteiger partial charge in [-0.3, -0.25) is 19.1 Å². The second kappa shape index (κ2) is 7.04. The fourth-order valence-electron chi connectivity index (χ4n) is 0.812. The second-order valence-electron chi connectivity index (χ2n) is 2.51. The molecule has 0 heterocycles. The van der Waals surface area contributed by atoms with Gasteiger partial charge in [0.25, 0.3) is 0 Å². The van der Waals surface area contributed by atoms with Crippen LogP contribution < -0.4 is 5.09 Å². The highest BCUT2D eigenvalue weighted by atomic mass is 35.6. The molecule has 0 aromatic heterocycles. The van der Waals surface area contributed by atoms with Gasteiger partial charge in [0.1, 0.15) is 0 Å². The predicted octanol–water partition coefficient (Wildman–Crippen LogP) is 3.16. The van der Waals surface area contributed by atoms with Crippen molar-refractivity contribution in [1.29, 1.82) is 0 Å². The van der Waals surface area contributed by atoms with E-state index >= 15 is 0 Å². The van der Waals surface area contributed by atoms with Crippen LogP contribution in [0.4, 0.5) is 0 Å². The van der Waals surface area contributed by atoms with Gasteiger partial charge in [-0.05, 0) is 13.8 Å². The third-order valence-corrected chi connectivity index (χ3v) is 3.55. The van der Waals surface area contributed by atoms with Crippen molar-refractivity contribution >= 4 is 48.4 Å². The summed E-state index contributed by atoms with van der Waals surface area (Å²) in [5.74, 6) is -0.0947. The summed E-state index contributed by atoms with van der Waals surface area (Å²) >= 11 is 16.8. The topological polar surface area (TPSA) is 59.9 Å². The number of hydrogen-bond donors (Lipinski definition) is 1. The Morgan fingerprint density at radius 3 is 2.00 bits per heavy atom. The van der Waals surface area contributed by atoms with Crippen LogP contribution in [-0.4, -0.2) is 29.9 Å². The van der Waals surface area contributed by atoms with E-state index in [4.69, 9.17) is 43.9 Å². The largest absolute Gasteiger partial charge is 0.433 e. The SMILES string of the molecule is CCOP(=O)(NC(=NC)C(Cl)(Cl)Cl)OCC.